The van der Waals surface area contributed by atoms with Crippen molar-refractivity contribution >= 4 is 6.29 Å². The Balaban J connectivity index is 2.09. The summed E-state index contributed by atoms with van der Waals surface area (Å²) < 4.78 is 0. The van der Waals surface area contributed by atoms with Crippen LogP contribution in [-0.4, -0.2) is 17.5 Å². The van der Waals surface area contributed by atoms with Crippen molar-refractivity contribution in [2.24, 2.45) is 11.3 Å². The highest BCUT2D eigenvalue weighted by Gasteiger charge is 2.46. The summed E-state index contributed by atoms with van der Waals surface area (Å²) in [6, 6.07) is 0. The average molecular weight is 196 g/mol. The minimum absolute atomic E-state index is 0.135. The zero-order chi connectivity index (χ0) is 10.0. The number of aldehydes is 1. The first-order chi connectivity index (χ1) is 6.78. The van der Waals surface area contributed by atoms with E-state index in [4.69, 9.17) is 0 Å². The highest BCUT2D eigenvalue weighted by atomic mass is 16.3. The second-order valence-corrected chi connectivity index (χ2v) is 5.02. The second kappa shape index (κ2) is 4.01. The Morgan fingerprint density at radius 2 is 1.79 bits per heavy atom. The van der Waals surface area contributed by atoms with Gasteiger partial charge in [0.15, 0.2) is 0 Å². The maximum atomic E-state index is 11.2. The van der Waals surface area contributed by atoms with E-state index in [0.29, 0.717) is 0 Å². The Morgan fingerprint density at radius 3 is 2.36 bits per heavy atom. The molecule has 0 aromatic rings. The van der Waals surface area contributed by atoms with Crippen molar-refractivity contribution in [3.63, 3.8) is 0 Å². The second-order valence-electron chi connectivity index (χ2n) is 5.02. The zero-order valence-electron chi connectivity index (χ0n) is 8.74. The van der Waals surface area contributed by atoms with Crippen molar-refractivity contribution in [2.75, 3.05) is 0 Å². The third-order valence-electron chi connectivity index (χ3n) is 4.24. The SMILES string of the molecule is O=CC1(C2CCCCCC2O)CCC1. The fourth-order valence-corrected chi connectivity index (χ4v) is 3.12. The van der Waals surface area contributed by atoms with Crippen LogP contribution in [0.15, 0.2) is 0 Å². The van der Waals surface area contributed by atoms with Gasteiger partial charge in [0.05, 0.1) is 6.10 Å². The van der Waals surface area contributed by atoms with Gasteiger partial charge in [-0.3, -0.25) is 0 Å². The first-order valence-electron chi connectivity index (χ1n) is 5.93. The van der Waals surface area contributed by atoms with Gasteiger partial charge in [0.25, 0.3) is 0 Å². The summed E-state index contributed by atoms with van der Waals surface area (Å²) in [7, 11) is 0. The fraction of sp³-hybridized carbons (Fsp3) is 0.917. The molecule has 2 aliphatic rings. The first-order valence-corrected chi connectivity index (χ1v) is 5.93. The number of carbonyl (C=O) groups excluding carboxylic acids is 1. The lowest BCUT2D eigenvalue weighted by atomic mass is 9.59. The Hall–Kier alpha value is -0.370. The third-order valence-corrected chi connectivity index (χ3v) is 4.24. The quantitative estimate of drug-likeness (QED) is 0.543. The van der Waals surface area contributed by atoms with Crippen LogP contribution in [0.25, 0.3) is 0 Å². The standard InChI is InChI=1S/C12H20O2/c13-9-12(7-4-8-12)10-5-2-1-3-6-11(10)14/h9-11,14H,1-8H2. The zero-order valence-corrected chi connectivity index (χ0v) is 8.74. The van der Waals surface area contributed by atoms with E-state index in [0.717, 1.165) is 38.4 Å². The van der Waals surface area contributed by atoms with Crippen LogP contribution in [0.3, 0.4) is 0 Å². The van der Waals surface area contributed by atoms with Gasteiger partial charge >= 0.3 is 0 Å². The van der Waals surface area contributed by atoms with Crippen molar-refractivity contribution in [1.29, 1.82) is 0 Å². The molecule has 2 fully saturated rings. The van der Waals surface area contributed by atoms with E-state index in [2.05, 4.69) is 0 Å². The summed E-state index contributed by atoms with van der Waals surface area (Å²) in [5.74, 6) is 0.260. The molecule has 0 saturated heterocycles. The molecule has 2 aliphatic carbocycles. The highest BCUT2D eigenvalue weighted by molar-refractivity contribution is 5.61. The van der Waals surface area contributed by atoms with E-state index in [1.165, 1.54) is 19.3 Å². The van der Waals surface area contributed by atoms with Crippen molar-refractivity contribution in [3.8, 4) is 0 Å². The average Bonchev–Trinajstić information content (AvgIpc) is 2.31. The van der Waals surface area contributed by atoms with Gasteiger partial charge in [0, 0.05) is 5.41 Å². The van der Waals surface area contributed by atoms with Crippen LogP contribution >= 0.6 is 0 Å². The normalized spacial score (nSPS) is 36.9. The molecule has 2 nitrogen and oxygen atoms in total. The predicted octanol–water partition coefficient (Wildman–Crippen LogP) is 2.30. The van der Waals surface area contributed by atoms with E-state index in [1.54, 1.807) is 0 Å². The lowest BCUT2D eigenvalue weighted by molar-refractivity contribution is -0.130. The van der Waals surface area contributed by atoms with E-state index < -0.39 is 0 Å². The highest BCUT2D eigenvalue weighted by Crippen LogP contribution is 2.49. The monoisotopic (exact) mass is 196 g/mol. The lowest BCUT2D eigenvalue weighted by Gasteiger charge is -2.45. The molecule has 0 spiro atoms. The molecular formula is C12H20O2. The first kappa shape index (κ1) is 10.2. The Kier molecular flexibility index (Phi) is 2.91. The molecule has 0 amide bonds. The molecule has 2 rings (SSSR count). The van der Waals surface area contributed by atoms with Crippen LogP contribution in [0.1, 0.15) is 51.4 Å². The van der Waals surface area contributed by atoms with Crippen LogP contribution < -0.4 is 0 Å². The minimum atomic E-state index is -0.219. The number of carbonyl (C=O) groups is 1. The molecule has 0 bridgehead atoms. The molecule has 0 aromatic heterocycles. The summed E-state index contributed by atoms with van der Waals surface area (Å²) >= 11 is 0. The van der Waals surface area contributed by atoms with Crippen molar-refractivity contribution < 1.29 is 9.90 Å². The number of hydrogen-bond acceptors (Lipinski definition) is 2. The van der Waals surface area contributed by atoms with Gasteiger partial charge in [-0.05, 0) is 31.6 Å². The van der Waals surface area contributed by atoms with E-state index in [9.17, 15) is 9.90 Å². The topological polar surface area (TPSA) is 37.3 Å². The molecular weight excluding hydrogens is 176 g/mol. The molecule has 2 unspecified atom stereocenters. The molecule has 2 saturated carbocycles. The fourth-order valence-electron chi connectivity index (χ4n) is 3.12. The maximum Gasteiger partial charge on any atom is 0.126 e. The van der Waals surface area contributed by atoms with Crippen molar-refractivity contribution in [2.45, 2.75) is 57.5 Å². The largest absolute Gasteiger partial charge is 0.393 e. The van der Waals surface area contributed by atoms with Gasteiger partial charge in [-0.1, -0.05) is 25.7 Å². The summed E-state index contributed by atoms with van der Waals surface area (Å²) in [4.78, 5) is 11.2. The molecule has 0 heterocycles. The van der Waals surface area contributed by atoms with Crippen LogP contribution in [0.2, 0.25) is 0 Å². The molecule has 0 aromatic carbocycles. The number of aliphatic hydroxyl groups excluding tert-OH is 1. The van der Waals surface area contributed by atoms with Crippen LogP contribution in [-0.2, 0) is 4.79 Å². The summed E-state index contributed by atoms with van der Waals surface area (Å²) in [5.41, 5.74) is -0.135. The van der Waals surface area contributed by atoms with Gasteiger partial charge in [0.1, 0.15) is 6.29 Å². The number of aliphatic hydroxyl groups is 1. The van der Waals surface area contributed by atoms with Crippen molar-refractivity contribution in [3.05, 3.63) is 0 Å². The van der Waals surface area contributed by atoms with Gasteiger partial charge in [-0.25, -0.2) is 0 Å². The minimum Gasteiger partial charge on any atom is -0.393 e. The molecule has 1 N–H and O–H groups in total. The number of hydrogen-bond donors (Lipinski definition) is 1. The van der Waals surface area contributed by atoms with Gasteiger partial charge in [0.2, 0.25) is 0 Å². The third kappa shape index (κ3) is 1.60. The van der Waals surface area contributed by atoms with E-state index in [-0.39, 0.29) is 17.4 Å². The van der Waals surface area contributed by atoms with Crippen LogP contribution in [0.4, 0.5) is 0 Å². The van der Waals surface area contributed by atoms with Crippen LogP contribution in [0.5, 0.6) is 0 Å². The molecule has 0 aliphatic heterocycles. The molecule has 2 atom stereocenters. The smallest absolute Gasteiger partial charge is 0.126 e. The Bertz CT molecular complexity index is 208. The summed E-state index contributed by atoms with van der Waals surface area (Å²) in [5, 5.41) is 10.0. The number of rotatable bonds is 2. The molecule has 2 heteroatoms. The predicted molar refractivity (Wildman–Crippen MR) is 54.9 cm³/mol. The van der Waals surface area contributed by atoms with Gasteiger partial charge < -0.3 is 9.90 Å². The molecule has 0 radical (unpaired) electrons. The lowest BCUT2D eigenvalue weighted by Crippen LogP contribution is -2.44. The molecule has 80 valence electrons. The molecule has 14 heavy (non-hydrogen) atoms. The van der Waals surface area contributed by atoms with Gasteiger partial charge in [-0.2, -0.15) is 0 Å². The van der Waals surface area contributed by atoms with Crippen LogP contribution in [0, 0.1) is 11.3 Å². The Morgan fingerprint density at radius 1 is 1.07 bits per heavy atom. The summed E-state index contributed by atoms with van der Waals surface area (Å²) in [6.07, 6.45) is 9.61. The Labute approximate surface area is 85.7 Å². The van der Waals surface area contributed by atoms with E-state index >= 15 is 0 Å². The summed E-state index contributed by atoms with van der Waals surface area (Å²) in [6.45, 7) is 0. The maximum absolute atomic E-state index is 11.2. The van der Waals surface area contributed by atoms with Crippen molar-refractivity contribution in [1.82, 2.24) is 0 Å². The van der Waals surface area contributed by atoms with Gasteiger partial charge in [-0.15, -0.1) is 0 Å². The van der Waals surface area contributed by atoms with E-state index in [1.807, 2.05) is 0 Å².